The molecule has 0 aliphatic carbocycles. The second-order valence-corrected chi connectivity index (χ2v) is 11.9. The van der Waals surface area contributed by atoms with Gasteiger partial charge in [-0.15, -0.1) is 0 Å². The SMILES string of the molecule is CCCOc1ccccc1C(=O)N1CCC(Oc2cc(-c3c(C)cccc3C)nc(NS(=O)(=O)c3cnn(C)c3)n2)C1. The van der Waals surface area contributed by atoms with Crippen molar-refractivity contribution >= 4 is 21.9 Å². The van der Waals surface area contributed by atoms with E-state index in [9.17, 15) is 13.2 Å². The molecule has 0 bridgehead atoms. The first kappa shape index (κ1) is 29.1. The molecule has 0 radical (unpaired) electrons. The fraction of sp³-hybridized carbons (Fsp3) is 0.333. The maximum absolute atomic E-state index is 13.4. The van der Waals surface area contributed by atoms with Gasteiger partial charge in [0.2, 0.25) is 11.8 Å². The normalized spacial score (nSPS) is 15.0. The number of nitrogens with zero attached hydrogens (tertiary/aromatic N) is 5. The van der Waals surface area contributed by atoms with Crippen molar-refractivity contribution in [2.75, 3.05) is 24.4 Å². The third kappa shape index (κ3) is 6.38. The van der Waals surface area contributed by atoms with Crippen molar-refractivity contribution in [2.24, 2.45) is 7.05 Å². The molecule has 2 aromatic carbocycles. The van der Waals surface area contributed by atoms with Gasteiger partial charge in [0.25, 0.3) is 15.9 Å². The lowest BCUT2D eigenvalue weighted by atomic mass is 10.00. The van der Waals surface area contributed by atoms with Crippen molar-refractivity contribution in [3.05, 3.63) is 77.6 Å². The highest BCUT2D eigenvalue weighted by Gasteiger charge is 2.30. The summed E-state index contributed by atoms with van der Waals surface area (Å²) in [6.07, 6.45) is 3.73. The largest absolute Gasteiger partial charge is 0.493 e. The number of hydrogen-bond acceptors (Lipinski definition) is 8. The van der Waals surface area contributed by atoms with Gasteiger partial charge in [-0.3, -0.25) is 9.48 Å². The first-order valence-corrected chi connectivity index (χ1v) is 15.3. The average Bonchev–Trinajstić information content (AvgIpc) is 3.61. The van der Waals surface area contributed by atoms with Crippen molar-refractivity contribution in [1.29, 1.82) is 0 Å². The molecule has 0 saturated carbocycles. The van der Waals surface area contributed by atoms with Crippen molar-refractivity contribution in [3.63, 3.8) is 0 Å². The van der Waals surface area contributed by atoms with Crippen LogP contribution >= 0.6 is 0 Å². The van der Waals surface area contributed by atoms with Gasteiger partial charge in [0.15, 0.2) is 0 Å². The van der Waals surface area contributed by atoms with E-state index < -0.39 is 10.0 Å². The molecule has 4 aromatic rings. The molecule has 1 unspecified atom stereocenters. The quantitative estimate of drug-likeness (QED) is 0.288. The number of sulfonamides is 1. The lowest BCUT2D eigenvalue weighted by Gasteiger charge is -2.19. The second-order valence-electron chi connectivity index (χ2n) is 10.3. The van der Waals surface area contributed by atoms with Crippen molar-refractivity contribution < 1.29 is 22.7 Å². The summed E-state index contributed by atoms with van der Waals surface area (Å²) in [6, 6.07) is 14.8. The van der Waals surface area contributed by atoms with Crippen LogP contribution in [0.1, 0.15) is 41.3 Å². The number of likely N-dealkylation sites (tertiary alicyclic amines) is 1. The zero-order valence-corrected chi connectivity index (χ0v) is 24.9. The molecule has 1 aliphatic heterocycles. The van der Waals surface area contributed by atoms with Gasteiger partial charge in [0.05, 0.1) is 30.6 Å². The van der Waals surface area contributed by atoms with E-state index >= 15 is 0 Å². The molecule has 42 heavy (non-hydrogen) atoms. The molecule has 5 rings (SSSR count). The molecule has 12 heteroatoms. The van der Waals surface area contributed by atoms with Crippen LogP contribution in [0.4, 0.5) is 5.95 Å². The Morgan fingerprint density at radius 1 is 1.10 bits per heavy atom. The highest BCUT2D eigenvalue weighted by Crippen LogP contribution is 2.31. The minimum absolute atomic E-state index is 0.0123. The van der Waals surface area contributed by atoms with E-state index in [4.69, 9.17) is 9.47 Å². The van der Waals surface area contributed by atoms with E-state index in [0.717, 1.165) is 23.1 Å². The molecule has 1 aliphatic rings. The van der Waals surface area contributed by atoms with Gasteiger partial charge in [-0.2, -0.15) is 10.1 Å². The smallest absolute Gasteiger partial charge is 0.267 e. The Hall–Kier alpha value is -4.45. The summed E-state index contributed by atoms with van der Waals surface area (Å²) in [7, 11) is -2.36. The van der Waals surface area contributed by atoms with E-state index in [-0.39, 0.29) is 28.7 Å². The summed E-state index contributed by atoms with van der Waals surface area (Å²) in [5.41, 5.74) is 3.84. The molecule has 1 atom stereocenters. The van der Waals surface area contributed by atoms with E-state index in [1.165, 1.54) is 17.1 Å². The lowest BCUT2D eigenvalue weighted by molar-refractivity contribution is 0.0766. The predicted octanol–water partition coefficient (Wildman–Crippen LogP) is 4.38. The van der Waals surface area contributed by atoms with E-state index in [1.54, 1.807) is 30.1 Å². The average molecular weight is 591 g/mol. The van der Waals surface area contributed by atoms with Crippen LogP contribution in [0.25, 0.3) is 11.3 Å². The third-order valence-electron chi connectivity index (χ3n) is 6.96. The van der Waals surface area contributed by atoms with Crippen molar-refractivity contribution in [3.8, 4) is 22.9 Å². The zero-order chi connectivity index (χ0) is 29.9. The Kier molecular flexibility index (Phi) is 8.44. The standard InChI is InChI=1S/C30H34N6O5S/c1-5-15-40-26-12-7-6-11-24(26)29(37)36-14-13-22(18-36)41-27-16-25(28-20(2)9-8-10-21(28)3)32-30(33-27)34-42(38,39)23-17-31-35(4)19-23/h6-12,16-17,19,22H,5,13-15,18H2,1-4H3,(H,32,33,34). The van der Waals surface area contributed by atoms with Gasteiger partial charge in [-0.1, -0.05) is 37.3 Å². The van der Waals surface area contributed by atoms with Crippen LogP contribution < -0.4 is 14.2 Å². The van der Waals surface area contributed by atoms with Gasteiger partial charge in [0.1, 0.15) is 16.7 Å². The number of aromatic nitrogens is 4. The fourth-order valence-electron chi connectivity index (χ4n) is 4.93. The molecular formula is C30H34N6O5S. The molecule has 1 fully saturated rings. The Bertz CT molecular complexity index is 1680. The van der Waals surface area contributed by atoms with Gasteiger partial charge < -0.3 is 14.4 Å². The van der Waals surface area contributed by atoms with Gasteiger partial charge in [0, 0.05) is 37.8 Å². The number of carbonyl (C=O) groups is 1. The van der Waals surface area contributed by atoms with Gasteiger partial charge in [-0.05, 0) is 43.5 Å². The lowest BCUT2D eigenvalue weighted by Crippen LogP contribution is -2.31. The van der Waals surface area contributed by atoms with Crippen LogP contribution in [0.15, 0.2) is 65.8 Å². The summed E-state index contributed by atoms with van der Waals surface area (Å²) < 4.78 is 42.1. The molecule has 1 amide bonds. The molecule has 2 aromatic heterocycles. The maximum atomic E-state index is 13.4. The van der Waals surface area contributed by atoms with E-state index in [0.29, 0.717) is 43.1 Å². The highest BCUT2D eigenvalue weighted by molar-refractivity contribution is 7.92. The Morgan fingerprint density at radius 3 is 2.57 bits per heavy atom. The molecule has 0 spiro atoms. The highest BCUT2D eigenvalue weighted by atomic mass is 32.2. The number of hydrogen-bond donors (Lipinski definition) is 1. The Labute approximate surface area is 245 Å². The van der Waals surface area contributed by atoms with Crippen molar-refractivity contribution in [1.82, 2.24) is 24.6 Å². The van der Waals surface area contributed by atoms with Crippen molar-refractivity contribution in [2.45, 2.75) is 44.6 Å². The molecule has 3 heterocycles. The van der Waals surface area contributed by atoms with Crippen LogP contribution in [0.2, 0.25) is 0 Å². The van der Waals surface area contributed by atoms with E-state index in [1.807, 2.05) is 51.1 Å². The monoisotopic (exact) mass is 590 g/mol. The number of carbonyl (C=O) groups excluding carboxylic acids is 1. The Balaban J connectivity index is 1.41. The number of benzene rings is 2. The third-order valence-corrected chi connectivity index (χ3v) is 8.24. The topological polar surface area (TPSA) is 129 Å². The number of anilines is 1. The van der Waals surface area contributed by atoms with Crippen LogP contribution in [-0.2, 0) is 17.1 Å². The van der Waals surface area contributed by atoms with E-state index in [2.05, 4.69) is 19.8 Å². The van der Waals surface area contributed by atoms with Crippen LogP contribution in [0, 0.1) is 13.8 Å². The number of rotatable bonds is 10. The second kappa shape index (κ2) is 12.2. The summed E-state index contributed by atoms with van der Waals surface area (Å²) >= 11 is 0. The number of ether oxygens (including phenoxy) is 2. The maximum Gasteiger partial charge on any atom is 0.267 e. The number of aryl methyl sites for hydroxylation is 3. The number of para-hydroxylation sites is 1. The van der Waals surface area contributed by atoms with Gasteiger partial charge >= 0.3 is 0 Å². The fourth-order valence-corrected chi connectivity index (χ4v) is 5.85. The van der Waals surface area contributed by atoms with Crippen LogP contribution in [-0.4, -0.2) is 64.8 Å². The minimum atomic E-state index is -4.00. The summed E-state index contributed by atoms with van der Waals surface area (Å²) in [5.74, 6) is 0.518. The molecule has 1 N–H and O–H groups in total. The molecule has 11 nitrogen and oxygen atoms in total. The predicted molar refractivity (Wildman–Crippen MR) is 158 cm³/mol. The summed E-state index contributed by atoms with van der Waals surface area (Å²) in [4.78, 5) is 24.0. The Morgan fingerprint density at radius 2 is 1.86 bits per heavy atom. The van der Waals surface area contributed by atoms with Gasteiger partial charge in [-0.25, -0.2) is 18.1 Å². The first-order valence-electron chi connectivity index (χ1n) is 13.8. The summed E-state index contributed by atoms with van der Waals surface area (Å²) in [6.45, 7) is 7.32. The van der Waals surface area contributed by atoms with Crippen LogP contribution in [0.5, 0.6) is 11.6 Å². The molecule has 220 valence electrons. The van der Waals surface area contributed by atoms with Crippen LogP contribution in [0.3, 0.4) is 0 Å². The minimum Gasteiger partial charge on any atom is -0.493 e. The molecular weight excluding hydrogens is 556 g/mol. The number of amides is 1. The number of nitrogens with one attached hydrogen (secondary N) is 1. The zero-order valence-electron chi connectivity index (χ0n) is 24.1. The molecule has 1 saturated heterocycles. The first-order chi connectivity index (χ1) is 20.1. The summed E-state index contributed by atoms with van der Waals surface area (Å²) in [5, 5.41) is 3.95.